The van der Waals surface area contributed by atoms with Crippen LogP contribution in [0.1, 0.15) is 78.6 Å². The van der Waals surface area contributed by atoms with Crippen LogP contribution in [0.2, 0.25) is 0 Å². The average Bonchev–Trinajstić information content (AvgIpc) is 3.23. The van der Waals surface area contributed by atoms with E-state index in [1.54, 1.807) is 0 Å². The zero-order valence-electron chi connectivity index (χ0n) is 17.2. The van der Waals surface area contributed by atoms with E-state index in [1.807, 2.05) is 4.68 Å². The third-order valence-electron chi connectivity index (χ3n) is 5.75. The lowest BCUT2D eigenvalue weighted by molar-refractivity contribution is 0.0569. The second-order valence-corrected chi connectivity index (χ2v) is 9.28. The topological polar surface area (TPSA) is 50.1 Å². The molecular formula is C19H37ClN6. The SMILES string of the molecule is CC(C)CC(c1nnnn1C(C)(C)C)N1CCN(C2CCCC2)CC1.Cl. The molecule has 0 radical (unpaired) electrons. The highest BCUT2D eigenvalue weighted by Crippen LogP contribution is 2.31. The van der Waals surface area contributed by atoms with Gasteiger partial charge >= 0.3 is 0 Å². The second kappa shape index (κ2) is 8.98. The van der Waals surface area contributed by atoms with E-state index in [1.165, 1.54) is 38.8 Å². The first-order chi connectivity index (χ1) is 11.9. The third kappa shape index (κ3) is 4.96. The first kappa shape index (κ1) is 21.6. The van der Waals surface area contributed by atoms with Crippen molar-refractivity contribution in [1.29, 1.82) is 0 Å². The highest BCUT2D eigenvalue weighted by Gasteiger charge is 2.34. The molecule has 26 heavy (non-hydrogen) atoms. The van der Waals surface area contributed by atoms with Crippen molar-refractivity contribution < 1.29 is 0 Å². The summed E-state index contributed by atoms with van der Waals surface area (Å²) in [6.07, 6.45) is 6.75. The third-order valence-corrected chi connectivity index (χ3v) is 5.75. The highest BCUT2D eigenvalue weighted by atomic mass is 35.5. The van der Waals surface area contributed by atoms with Crippen molar-refractivity contribution in [2.24, 2.45) is 5.92 Å². The Bertz CT molecular complexity index is 538. The molecule has 0 bridgehead atoms. The Morgan fingerprint density at radius 2 is 1.65 bits per heavy atom. The number of hydrogen-bond donors (Lipinski definition) is 0. The molecule has 1 aromatic rings. The quantitative estimate of drug-likeness (QED) is 0.777. The fraction of sp³-hybridized carbons (Fsp3) is 0.947. The molecule has 7 heteroatoms. The van der Waals surface area contributed by atoms with Crippen LogP contribution in [-0.2, 0) is 5.54 Å². The summed E-state index contributed by atoms with van der Waals surface area (Å²) >= 11 is 0. The van der Waals surface area contributed by atoms with Gasteiger partial charge in [0.25, 0.3) is 0 Å². The molecule has 1 aliphatic carbocycles. The minimum absolute atomic E-state index is 0. The Morgan fingerprint density at radius 3 is 2.19 bits per heavy atom. The van der Waals surface area contributed by atoms with Gasteiger partial charge in [0.15, 0.2) is 5.82 Å². The molecule has 1 aliphatic heterocycles. The van der Waals surface area contributed by atoms with Gasteiger partial charge in [-0.3, -0.25) is 9.80 Å². The molecule has 1 atom stereocenters. The minimum Gasteiger partial charge on any atom is -0.298 e. The summed E-state index contributed by atoms with van der Waals surface area (Å²) < 4.78 is 2.03. The number of halogens is 1. The molecule has 0 amide bonds. The molecule has 6 nitrogen and oxygen atoms in total. The summed E-state index contributed by atoms with van der Waals surface area (Å²) in [6.45, 7) is 15.8. The van der Waals surface area contributed by atoms with Crippen molar-refractivity contribution in [1.82, 2.24) is 30.0 Å². The van der Waals surface area contributed by atoms with Crippen LogP contribution in [0, 0.1) is 5.92 Å². The average molecular weight is 385 g/mol. The molecule has 0 spiro atoms. The maximum Gasteiger partial charge on any atom is 0.168 e. The van der Waals surface area contributed by atoms with Crippen LogP contribution in [0.3, 0.4) is 0 Å². The summed E-state index contributed by atoms with van der Waals surface area (Å²) in [6, 6.07) is 1.16. The van der Waals surface area contributed by atoms with E-state index in [9.17, 15) is 0 Å². The fourth-order valence-corrected chi connectivity index (χ4v) is 4.43. The summed E-state index contributed by atoms with van der Waals surface area (Å²) in [7, 11) is 0. The number of hydrogen-bond acceptors (Lipinski definition) is 5. The van der Waals surface area contributed by atoms with Crippen LogP contribution in [0.5, 0.6) is 0 Å². The lowest BCUT2D eigenvalue weighted by Gasteiger charge is -2.42. The van der Waals surface area contributed by atoms with Crippen molar-refractivity contribution in [3.63, 3.8) is 0 Å². The van der Waals surface area contributed by atoms with E-state index in [0.29, 0.717) is 12.0 Å². The van der Waals surface area contributed by atoms with Crippen LogP contribution in [0.15, 0.2) is 0 Å². The molecule has 1 saturated carbocycles. The van der Waals surface area contributed by atoms with Crippen LogP contribution in [0.4, 0.5) is 0 Å². The predicted molar refractivity (Wildman–Crippen MR) is 108 cm³/mol. The zero-order valence-corrected chi connectivity index (χ0v) is 18.0. The van der Waals surface area contributed by atoms with E-state index in [0.717, 1.165) is 31.4 Å². The maximum atomic E-state index is 4.45. The molecular weight excluding hydrogens is 348 g/mol. The zero-order chi connectivity index (χ0) is 18.0. The van der Waals surface area contributed by atoms with E-state index < -0.39 is 0 Å². The standard InChI is InChI=1S/C19H36N6.ClH/c1-15(2)14-17(18-20-21-22-25(18)19(3,4)5)24-12-10-23(11-13-24)16-8-6-7-9-16;/h15-17H,6-14H2,1-5H3;1H. The van der Waals surface area contributed by atoms with E-state index in [4.69, 9.17) is 0 Å². The number of piperazine rings is 1. The molecule has 150 valence electrons. The Kier molecular flexibility index (Phi) is 7.45. The molecule has 1 aromatic heterocycles. The minimum atomic E-state index is -0.0836. The van der Waals surface area contributed by atoms with Gasteiger partial charge in [0.1, 0.15) is 0 Å². The van der Waals surface area contributed by atoms with Gasteiger partial charge in [0.05, 0.1) is 11.6 Å². The van der Waals surface area contributed by atoms with Gasteiger partial charge in [0, 0.05) is 32.2 Å². The van der Waals surface area contributed by atoms with Crippen molar-refractivity contribution in [3.8, 4) is 0 Å². The Hall–Kier alpha value is -0.720. The highest BCUT2D eigenvalue weighted by molar-refractivity contribution is 5.85. The lowest BCUT2D eigenvalue weighted by atomic mass is 9.99. The first-order valence-electron chi connectivity index (χ1n) is 10.1. The largest absolute Gasteiger partial charge is 0.298 e. The number of aromatic nitrogens is 4. The normalized spacial score (nSPS) is 21.9. The van der Waals surface area contributed by atoms with Crippen LogP contribution in [0.25, 0.3) is 0 Å². The Labute approximate surface area is 165 Å². The first-order valence-corrected chi connectivity index (χ1v) is 10.1. The summed E-state index contributed by atoms with van der Waals surface area (Å²) in [5, 5.41) is 12.8. The Morgan fingerprint density at radius 1 is 1.04 bits per heavy atom. The molecule has 3 rings (SSSR count). The molecule has 1 saturated heterocycles. The van der Waals surface area contributed by atoms with Crippen LogP contribution < -0.4 is 0 Å². The number of nitrogens with zero attached hydrogens (tertiary/aromatic N) is 6. The van der Waals surface area contributed by atoms with E-state index in [2.05, 4.69) is 59.9 Å². The van der Waals surface area contributed by atoms with E-state index in [-0.39, 0.29) is 17.9 Å². The molecule has 1 unspecified atom stereocenters. The van der Waals surface area contributed by atoms with Crippen molar-refractivity contribution in [2.45, 2.75) is 84.3 Å². The Balaban J connectivity index is 0.00000243. The van der Waals surface area contributed by atoms with Gasteiger partial charge in [-0.25, -0.2) is 4.68 Å². The number of rotatable bonds is 5. The summed E-state index contributed by atoms with van der Waals surface area (Å²) in [5.41, 5.74) is -0.0836. The predicted octanol–water partition coefficient (Wildman–Crippen LogP) is 3.50. The molecule has 0 N–H and O–H groups in total. The van der Waals surface area contributed by atoms with Gasteiger partial charge in [-0.1, -0.05) is 26.7 Å². The number of tetrazole rings is 1. The van der Waals surface area contributed by atoms with E-state index >= 15 is 0 Å². The van der Waals surface area contributed by atoms with Gasteiger partial charge in [-0.15, -0.1) is 17.5 Å². The van der Waals surface area contributed by atoms with Gasteiger partial charge in [-0.05, 0) is 56.4 Å². The lowest BCUT2D eigenvalue weighted by Crippen LogP contribution is -2.51. The van der Waals surface area contributed by atoms with Crippen LogP contribution >= 0.6 is 12.4 Å². The van der Waals surface area contributed by atoms with Gasteiger partial charge < -0.3 is 0 Å². The van der Waals surface area contributed by atoms with Crippen molar-refractivity contribution >= 4 is 12.4 Å². The fourth-order valence-electron chi connectivity index (χ4n) is 4.43. The summed E-state index contributed by atoms with van der Waals surface area (Å²) in [4.78, 5) is 5.35. The second-order valence-electron chi connectivity index (χ2n) is 9.28. The van der Waals surface area contributed by atoms with Crippen molar-refractivity contribution in [3.05, 3.63) is 5.82 Å². The van der Waals surface area contributed by atoms with Gasteiger partial charge in [0.2, 0.25) is 0 Å². The van der Waals surface area contributed by atoms with Gasteiger partial charge in [-0.2, -0.15) is 0 Å². The summed E-state index contributed by atoms with van der Waals surface area (Å²) in [5.74, 6) is 1.67. The molecule has 0 aromatic carbocycles. The molecule has 2 aliphatic rings. The molecule has 2 fully saturated rings. The maximum absolute atomic E-state index is 4.45. The monoisotopic (exact) mass is 384 g/mol. The van der Waals surface area contributed by atoms with Crippen LogP contribution in [-0.4, -0.2) is 62.2 Å². The van der Waals surface area contributed by atoms with Crippen molar-refractivity contribution in [2.75, 3.05) is 26.2 Å². The smallest absolute Gasteiger partial charge is 0.168 e. The molecule has 2 heterocycles.